The van der Waals surface area contributed by atoms with Crippen LogP contribution < -0.4 is 10.0 Å². The van der Waals surface area contributed by atoms with Crippen molar-refractivity contribution >= 4 is 38.9 Å². The van der Waals surface area contributed by atoms with E-state index in [9.17, 15) is 18.0 Å². The molecule has 2 aromatic rings. The van der Waals surface area contributed by atoms with Crippen molar-refractivity contribution < 1.29 is 18.0 Å². The minimum Gasteiger partial charge on any atom is -0.350 e. The van der Waals surface area contributed by atoms with Gasteiger partial charge in [0.05, 0.1) is 0 Å². The number of thiophene rings is 1. The number of anilines is 1. The summed E-state index contributed by atoms with van der Waals surface area (Å²) in [6, 6.07) is 8.40. The summed E-state index contributed by atoms with van der Waals surface area (Å²) >= 11 is 1.08. The largest absolute Gasteiger partial charge is 0.350 e. The van der Waals surface area contributed by atoms with Crippen LogP contribution in [0.3, 0.4) is 0 Å². The molecule has 2 heterocycles. The molecule has 29 heavy (non-hydrogen) atoms. The molecule has 2 N–H and O–H groups in total. The summed E-state index contributed by atoms with van der Waals surface area (Å²) in [6.07, 6.45) is 3.47. The van der Waals surface area contributed by atoms with Crippen LogP contribution in [0.15, 0.2) is 40.6 Å². The van der Waals surface area contributed by atoms with Crippen molar-refractivity contribution in [3.63, 3.8) is 0 Å². The van der Waals surface area contributed by atoms with E-state index in [2.05, 4.69) is 10.0 Å². The van der Waals surface area contributed by atoms with Crippen LogP contribution >= 0.6 is 11.3 Å². The summed E-state index contributed by atoms with van der Waals surface area (Å²) in [4.78, 5) is 26.4. The third-order valence-corrected chi connectivity index (χ3v) is 7.23. The molecule has 1 saturated heterocycles. The number of nitrogens with one attached hydrogen (secondary N) is 2. The molecule has 1 aliphatic rings. The molecule has 0 unspecified atom stereocenters. The Morgan fingerprint density at radius 2 is 1.90 bits per heavy atom. The van der Waals surface area contributed by atoms with Gasteiger partial charge < -0.3 is 10.2 Å². The van der Waals surface area contributed by atoms with Crippen LogP contribution in [0.25, 0.3) is 0 Å². The van der Waals surface area contributed by atoms with Crippen molar-refractivity contribution in [2.45, 2.75) is 37.5 Å². The van der Waals surface area contributed by atoms with Gasteiger partial charge in [-0.05, 0) is 43.3 Å². The number of rotatable bonds is 7. The number of sulfonamides is 1. The summed E-state index contributed by atoms with van der Waals surface area (Å²) in [6.45, 7) is 3.33. The first kappa shape index (κ1) is 21.3. The molecule has 3 rings (SSSR count). The summed E-state index contributed by atoms with van der Waals surface area (Å²) in [5.41, 5.74) is 1.46. The maximum absolute atomic E-state index is 12.7. The van der Waals surface area contributed by atoms with Gasteiger partial charge in [0.1, 0.15) is 9.77 Å². The SMILES string of the molecule is Cc1ccc(NS(=O)(=O)c2ccsc2C(=O)NCCN2CCCCCC2=O)cc1. The highest BCUT2D eigenvalue weighted by Gasteiger charge is 2.24. The lowest BCUT2D eigenvalue weighted by molar-refractivity contribution is -0.130. The Morgan fingerprint density at radius 1 is 1.14 bits per heavy atom. The van der Waals surface area contributed by atoms with Crippen LogP contribution in [0.5, 0.6) is 0 Å². The Bertz CT molecular complexity index is 968. The maximum Gasteiger partial charge on any atom is 0.263 e. The zero-order valence-corrected chi connectivity index (χ0v) is 17.9. The molecule has 0 aliphatic carbocycles. The van der Waals surface area contributed by atoms with E-state index in [1.54, 1.807) is 22.4 Å². The van der Waals surface area contributed by atoms with Crippen molar-refractivity contribution in [2.24, 2.45) is 0 Å². The van der Waals surface area contributed by atoms with Gasteiger partial charge in [-0.1, -0.05) is 24.1 Å². The quantitative estimate of drug-likeness (QED) is 0.699. The Balaban J connectivity index is 1.63. The van der Waals surface area contributed by atoms with Crippen LogP contribution in [0, 0.1) is 6.92 Å². The normalized spacial score (nSPS) is 15.1. The number of aryl methyl sites for hydroxylation is 1. The van der Waals surface area contributed by atoms with E-state index >= 15 is 0 Å². The zero-order chi connectivity index (χ0) is 20.9. The van der Waals surface area contributed by atoms with E-state index in [0.29, 0.717) is 25.2 Å². The van der Waals surface area contributed by atoms with Gasteiger partial charge in [0.2, 0.25) is 5.91 Å². The van der Waals surface area contributed by atoms with E-state index in [4.69, 9.17) is 0 Å². The van der Waals surface area contributed by atoms with Crippen molar-refractivity contribution in [1.82, 2.24) is 10.2 Å². The van der Waals surface area contributed by atoms with Gasteiger partial charge in [0.15, 0.2) is 0 Å². The highest BCUT2D eigenvalue weighted by atomic mass is 32.2. The molecule has 0 radical (unpaired) electrons. The molecule has 1 aromatic heterocycles. The van der Waals surface area contributed by atoms with Crippen molar-refractivity contribution in [1.29, 1.82) is 0 Å². The van der Waals surface area contributed by atoms with Gasteiger partial charge in [-0.2, -0.15) is 0 Å². The van der Waals surface area contributed by atoms with Crippen LogP contribution in [0.4, 0.5) is 5.69 Å². The molecule has 2 amide bonds. The fraction of sp³-hybridized carbons (Fsp3) is 0.400. The van der Waals surface area contributed by atoms with Gasteiger partial charge in [0, 0.05) is 31.7 Å². The number of carbonyl (C=O) groups excluding carboxylic acids is 2. The number of hydrogen-bond donors (Lipinski definition) is 2. The number of likely N-dealkylation sites (tertiary alicyclic amines) is 1. The highest BCUT2D eigenvalue weighted by molar-refractivity contribution is 7.93. The van der Waals surface area contributed by atoms with E-state index in [0.717, 1.165) is 36.2 Å². The predicted octanol–water partition coefficient (Wildman–Crippen LogP) is 2.99. The number of benzene rings is 1. The smallest absolute Gasteiger partial charge is 0.263 e. The molecule has 156 valence electrons. The van der Waals surface area contributed by atoms with E-state index in [-0.39, 0.29) is 22.2 Å². The lowest BCUT2D eigenvalue weighted by atomic mass is 10.2. The van der Waals surface area contributed by atoms with Crippen LogP contribution in [-0.4, -0.2) is 44.8 Å². The minimum absolute atomic E-state index is 0.0496. The van der Waals surface area contributed by atoms with E-state index < -0.39 is 15.9 Å². The van der Waals surface area contributed by atoms with Gasteiger partial charge in [0.25, 0.3) is 15.9 Å². The molecule has 1 aliphatic heterocycles. The van der Waals surface area contributed by atoms with Crippen LogP contribution in [0.2, 0.25) is 0 Å². The first-order valence-electron chi connectivity index (χ1n) is 9.60. The Hall–Kier alpha value is -2.39. The fourth-order valence-electron chi connectivity index (χ4n) is 3.17. The maximum atomic E-state index is 12.7. The monoisotopic (exact) mass is 435 g/mol. The Morgan fingerprint density at radius 3 is 2.66 bits per heavy atom. The summed E-state index contributed by atoms with van der Waals surface area (Å²) in [5, 5.41) is 4.32. The van der Waals surface area contributed by atoms with Gasteiger partial charge >= 0.3 is 0 Å². The fourth-order valence-corrected chi connectivity index (χ4v) is 5.57. The summed E-state index contributed by atoms with van der Waals surface area (Å²) in [7, 11) is -3.88. The predicted molar refractivity (Wildman–Crippen MR) is 114 cm³/mol. The zero-order valence-electron chi connectivity index (χ0n) is 16.3. The average molecular weight is 436 g/mol. The van der Waals surface area contributed by atoms with Crippen molar-refractivity contribution in [3.05, 3.63) is 46.2 Å². The highest BCUT2D eigenvalue weighted by Crippen LogP contribution is 2.24. The molecular formula is C20H25N3O4S2. The molecule has 0 bridgehead atoms. The topological polar surface area (TPSA) is 95.6 Å². The molecule has 1 fully saturated rings. The van der Waals surface area contributed by atoms with Gasteiger partial charge in [-0.25, -0.2) is 8.42 Å². The third-order valence-electron chi connectivity index (χ3n) is 4.77. The lowest BCUT2D eigenvalue weighted by Gasteiger charge is -2.20. The standard InChI is InChI=1S/C20H25N3O4S2/c1-15-6-8-16(9-7-15)22-29(26,27)17-10-14-28-19(17)20(25)21-11-13-23-12-4-2-3-5-18(23)24/h6-10,14,22H,2-5,11-13H2,1H3,(H,21,25). The minimum atomic E-state index is -3.88. The van der Waals surface area contributed by atoms with Gasteiger partial charge in [-0.3, -0.25) is 14.3 Å². The third kappa shape index (κ3) is 5.57. The Labute approximate surface area is 175 Å². The number of carbonyl (C=O) groups is 2. The van der Waals surface area contributed by atoms with Crippen LogP contribution in [0.1, 0.15) is 40.9 Å². The molecule has 1 aromatic carbocycles. The van der Waals surface area contributed by atoms with Crippen molar-refractivity contribution in [2.75, 3.05) is 24.4 Å². The number of hydrogen-bond acceptors (Lipinski definition) is 5. The van der Waals surface area contributed by atoms with Gasteiger partial charge in [-0.15, -0.1) is 11.3 Å². The summed E-state index contributed by atoms with van der Waals surface area (Å²) < 4.78 is 28.0. The molecule has 9 heteroatoms. The first-order valence-corrected chi connectivity index (χ1v) is 12.0. The lowest BCUT2D eigenvalue weighted by Crippen LogP contribution is -2.38. The Kier molecular flexibility index (Phi) is 6.92. The molecule has 0 saturated carbocycles. The number of amides is 2. The molecular weight excluding hydrogens is 410 g/mol. The van der Waals surface area contributed by atoms with Crippen molar-refractivity contribution in [3.8, 4) is 0 Å². The van der Waals surface area contributed by atoms with E-state index in [1.165, 1.54) is 6.07 Å². The second-order valence-electron chi connectivity index (χ2n) is 7.03. The number of nitrogens with zero attached hydrogens (tertiary/aromatic N) is 1. The second-order valence-corrected chi connectivity index (χ2v) is 9.60. The second kappa shape index (κ2) is 9.41. The summed E-state index contributed by atoms with van der Waals surface area (Å²) in [5.74, 6) is -0.343. The average Bonchev–Trinajstić information content (AvgIpc) is 3.10. The first-order chi connectivity index (χ1) is 13.9. The van der Waals surface area contributed by atoms with Crippen LogP contribution in [-0.2, 0) is 14.8 Å². The molecule has 7 nitrogen and oxygen atoms in total. The van der Waals surface area contributed by atoms with E-state index in [1.807, 2.05) is 19.1 Å². The molecule has 0 atom stereocenters. The molecule has 0 spiro atoms.